The summed E-state index contributed by atoms with van der Waals surface area (Å²) in [5, 5.41) is 8.92. The SMILES string of the molecule is OCCN(CC=CCl)Cc1ccccc1. The molecule has 1 N–H and O–H groups in total. The van der Waals surface area contributed by atoms with Gasteiger partial charge in [-0.15, -0.1) is 0 Å². The maximum absolute atomic E-state index is 8.92. The van der Waals surface area contributed by atoms with Crippen LogP contribution in [0, 0.1) is 0 Å². The van der Waals surface area contributed by atoms with Crippen LogP contribution in [0.2, 0.25) is 0 Å². The van der Waals surface area contributed by atoms with Crippen LogP contribution in [0.1, 0.15) is 5.56 Å². The fourth-order valence-corrected chi connectivity index (χ4v) is 1.49. The van der Waals surface area contributed by atoms with Gasteiger partial charge in [0.25, 0.3) is 0 Å². The summed E-state index contributed by atoms with van der Waals surface area (Å²) >= 11 is 5.48. The van der Waals surface area contributed by atoms with E-state index in [9.17, 15) is 0 Å². The summed E-state index contributed by atoms with van der Waals surface area (Å²) in [5.74, 6) is 0. The highest BCUT2D eigenvalue weighted by molar-refractivity contribution is 6.25. The zero-order valence-electron chi connectivity index (χ0n) is 8.64. The van der Waals surface area contributed by atoms with E-state index in [0.717, 1.165) is 13.1 Å². The van der Waals surface area contributed by atoms with Crippen molar-refractivity contribution in [2.75, 3.05) is 19.7 Å². The van der Waals surface area contributed by atoms with Gasteiger partial charge in [0.2, 0.25) is 0 Å². The van der Waals surface area contributed by atoms with Crippen LogP contribution in [-0.2, 0) is 6.54 Å². The van der Waals surface area contributed by atoms with Crippen molar-refractivity contribution < 1.29 is 5.11 Å². The van der Waals surface area contributed by atoms with Crippen molar-refractivity contribution in [3.63, 3.8) is 0 Å². The largest absolute Gasteiger partial charge is 0.395 e. The number of benzene rings is 1. The summed E-state index contributed by atoms with van der Waals surface area (Å²) in [4.78, 5) is 2.13. The van der Waals surface area contributed by atoms with Gasteiger partial charge < -0.3 is 5.11 Å². The van der Waals surface area contributed by atoms with Crippen LogP contribution in [0.25, 0.3) is 0 Å². The lowest BCUT2D eigenvalue weighted by Crippen LogP contribution is -2.26. The summed E-state index contributed by atoms with van der Waals surface area (Å²) in [5.41, 5.74) is 2.75. The highest BCUT2D eigenvalue weighted by Gasteiger charge is 2.02. The van der Waals surface area contributed by atoms with Crippen LogP contribution in [0.3, 0.4) is 0 Å². The molecule has 0 saturated carbocycles. The van der Waals surface area contributed by atoms with E-state index in [1.807, 2.05) is 24.3 Å². The van der Waals surface area contributed by atoms with E-state index in [1.165, 1.54) is 11.1 Å². The van der Waals surface area contributed by atoms with E-state index in [1.54, 1.807) is 0 Å². The molecule has 1 aromatic rings. The van der Waals surface area contributed by atoms with Gasteiger partial charge in [-0.25, -0.2) is 0 Å². The number of aliphatic hydroxyl groups is 1. The molecule has 0 unspecified atom stereocenters. The van der Waals surface area contributed by atoms with Crippen molar-refractivity contribution in [1.82, 2.24) is 4.90 Å². The summed E-state index contributed by atoms with van der Waals surface area (Å²) in [6, 6.07) is 10.2. The molecule has 0 atom stereocenters. The molecule has 0 amide bonds. The Kier molecular flexibility index (Phi) is 6.09. The Hall–Kier alpha value is -0.830. The van der Waals surface area contributed by atoms with Crippen molar-refractivity contribution in [2.45, 2.75) is 6.54 Å². The Balaban J connectivity index is 2.50. The molecular formula is C12H16ClNO. The molecule has 0 fully saturated rings. The molecule has 0 spiro atoms. The maximum atomic E-state index is 8.92. The summed E-state index contributed by atoms with van der Waals surface area (Å²) in [6.45, 7) is 2.43. The average Bonchev–Trinajstić information content (AvgIpc) is 2.28. The second-order valence-corrected chi connectivity index (χ2v) is 3.56. The van der Waals surface area contributed by atoms with Gasteiger partial charge in [-0.1, -0.05) is 48.0 Å². The standard InChI is InChI=1S/C12H16ClNO/c13-7-4-8-14(9-10-15)11-12-5-2-1-3-6-12/h1-7,15H,8-11H2. The van der Waals surface area contributed by atoms with Crippen molar-refractivity contribution in [3.05, 3.63) is 47.5 Å². The molecular weight excluding hydrogens is 210 g/mol. The zero-order chi connectivity index (χ0) is 10.9. The van der Waals surface area contributed by atoms with E-state index in [-0.39, 0.29) is 6.61 Å². The predicted molar refractivity (Wildman–Crippen MR) is 63.8 cm³/mol. The van der Waals surface area contributed by atoms with E-state index >= 15 is 0 Å². The summed E-state index contributed by atoms with van der Waals surface area (Å²) in [7, 11) is 0. The molecule has 1 aromatic carbocycles. The fourth-order valence-electron chi connectivity index (χ4n) is 1.41. The molecule has 15 heavy (non-hydrogen) atoms. The zero-order valence-corrected chi connectivity index (χ0v) is 9.40. The van der Waals surface area contributed by atoms with Gasteiger partial charge in [0, 0.05) is 25.2 Å². The lowest BCUT2D eigenvalue weighted by atomic mass is 10.2. The Morgan fingerprint density at radius 3 is 2.60 bits per heavy atom. The molecule has 2 nitrogen and oxygen atoms in total. The fraction of sp³-hybridized carbons (Fsp3) is 0.333. The topological polar surface area (TPSA) is 23.5 Å². The van der Waals surface area contributed by atoms with Crippen LogP contribution < -0.4 is 0 Å². The predicted octanol–water partition coefficient (Wildman–Crippen LogP) is 2.23. The summed E-state index contributed by atoms with van der Waals surface area (Å²) in [6.07, 6.45) is 1.88. The number of nitrogens with zero attached hydrogens (tertiary/aromatic N) is 1. The minimum atomic E-state index is 0.170. The molecule has 0 aliphatic rings. The maximum Gasteiger partial charge on any atom is 0.0558 e. The van der Waals surface area contributed by atoms with Crippen LogP contribution in [0.15, 0.2) is 41.9 Å². The molecule has 0 aliphatic carbocycles. The first kappa shape index (κ1) is 12.2. The lowest BCUT2D eigenvalue weighted by Gasteiger charge is -2.19. The molecule has 0 aliphatic heterocycles. The Bertz CT molecular complexity index is 287. The van der Waals surface area contributed by atoms with Crippen LogP contribution in [0.4, 0.5) is 0 Å². The van der Waals surface area contributed by atoms with Gasteiger partial charge in [0.05, 0.1) is 6.61 Å². The third-order valence-electron chi connectivity index (χ3n) is 2.12. The molecule has 3 heteroatoms. The van der Waals surface area contributed by atoms with Gasteiger partial charge >= 0.3 is 0 Å². The normalized spacial score (nSPS) is 11.4. The highest BCUT2D eigenvalue weighted by Crippen LogP contribution is 2.04. The van der Waals surface area contributed by atoms with Crippen molar-refractivity contribution in [2.24, 2.45) is 0 Å². The van der Waals surface area contributed by atoms with E-state index in [4.69, 9.17) is 16.7 Å². The number of hydrogen-bond acceptors (Lipinski definition) is 2. The molecule has 82 valence electrons. The number of halogens is 1. The monoisotopic (exact) mass is 225 g/mol. The first-order valence-electron chi connectivity index (χ1n) is 4.99. The first-order chi connectivity index (χ1) is 7.36. The first-order valence-corrected chi connectivity index (χ1v) is 5.43. The third kappa shape index (κ3) is 4.98. The molecule has 0 bridgehead atoms. The van der Waals surface area contributed by atoms with Crippen molar-refractivity contribution >= 4 is 11.6 Å². The van der Waals surface area contributed by atoms with Gasteiger partial charge in [-0.05, 0) is 5.56 Å². The second-order valence-electron chi connectivity index (χ2n) is 3.31. The third-order valence-corrected chi connectivity index (χ3v) is 2.30. The smallest absolute Gasteiger partial charge is 0.0558 e. The van der Waals surface area contributed by atoms with Gasteiger partial charge in [-0.2, -0.15) is 0 Å². The van der Waals surface area contributed by atoms with E-state index in [2.05, 4.69) is 17.0 Å². The van der Waals surface area contributed by atoms with E-state index < -0.39 is 0 Å². The van der Waals surface area contributed by atoms with Crippen molar-refractivity contribution in [1.29, 1.82) is 0 Å². The molecule has 0 radical (unpaired) electrons. The minimum absolute atomic E-state index is 0.170. The number of rotatable bonds is 6. The highest BCUT2D eigenvalue weighted by atomic mass is 35.5. The number of hydrogen-bond donors (Lipinski definition) is 1. The number of aliphatic hydroxyl groups excluding tert-OH is 1. The minimum Gasteiger partial charge on any atom is -0.395 e. The molecule has 0 saturated heterocycles. The van der Waals surface area contributed by atoms with Gasteiger partial charge in [-0.3, -0.25) is 4.90 Å². The molecule has 0 aromatic heterocycles. The van der Waals surface area contributed by atoms with Crippen LogP contribution >= 0.6 is 11.6 Å². The quantitative estimate of drug-likeness (QED) is 0.803. The Morgan fingerprint density at radius 2 is 2.00 bits per heavy atom. The Morgan fingerprint density at radius 1 is 1.27 bits per heavy atom. The van der Waals surface area contributed by atoms with Crippen molar-refractivity contribution in [3.8, 4) is 0 Å². The average molecular weight is 226 g/mol. The van der Waals surface area contributed by atoms with Crippen LogP contribution in [0.5, 0.6) is 0 Å². The van der Waals surface area contributed by atoms with Crippen LogP contribution in [-0.4, -0.2) is 29.7 Å². The second kappa shape index (κ2) is 7.46. The van der Waals surface area contributed by atoms with E-state index in [0.29, 0.717) is 6.54 Å². The van der Waals surface area contributed by atoms with Gasteiger partial charge in [0.1, 0.15) is 0 Å². The Labute approximate surface area is 95.8 Å². The lowest BCUT2D eigenvalue weighted by molar-refractivity contribution is 0.203. The van der Waals surface area contributed by atoms with Gasteiger partial charge in [0.15, 0.2) is 0 Å². The molecule has 1 rings (SSSR count). The summed E-state index contributed by atoms with van der Waals surface area (Å²) < 4.78 is 0. The molecule has 0 heterocycles.